The lowest BCUT2D eigenvalue weighted by Crippen LogP contribution is -2.01. The Hall–Kier alpha value is -1.69. The maximum absolute atomic E-state index is 9.88. The Morgan fingerprint density at radius 2 is 2.47 bits per heavy atom. The number of aliphatic hydroxyl groups excluding tert-OH is 1. The number of aliphatic hydroxyl groups is 1. The standard InChI is InChI=1S/C9H13N5O/c1-2-3-14-5-7(4-12-14)8(15)9-10-6-11-13-9/h4-6,8,15H,2-3H2,1H3,(H,10,11,13). The van der Waals surface area contributed by atoms with Crippen LogP contribution in [0.4, 0.5) is 0 Å². The molecule has 0 radical (unpaired) electrons. The molecule has 0 saturated carbocycles. The molecular weight excluding hydrogens is 194 g/mol. The molecule has 1 atom stereocenters. The largest absolute Gasteiger partial charge is 0.380 e. The van der Waals surface area contributed by atoms with E-state index >= 15 is 0 Å². The number of aryl methyl sites for hydroxylation is 1. The Morgan fingerprint density at radius 1 is 1.60 bits per heavy atom. The average molecular weight is 207 g/mol. The van der Waals surface area contributed by atoms with Crippen LogP contribution in [0.25, 0.3) is 0 Å². The minimum atomic E-state index is -0.780. The van der Waals surface area contributed by atoms with E-state index in [0.29, 0.717) is 5.82 Å². The van der Waals surface area contributed by atoms with Crippen LogP contribution in [0.3, 0.4) is 0 Å². The zero-order chi connectivity index (χ0) is 10.7. The Kier molecular flexibility index (Phi) is 2.77. The van der Waals surface area contributed by atoms with Crippen LogP contribution in [0.5, 0.6) is 0 Å². The first-order valence-corrected chi connectivity index (χ1v) is 4.87. The monoisotopic (exact) mass is 207 g/mol. The molecule has 15 heavy (non-hydrogen) atoms. The molecule has 0 amide bonds. The summed E-state index contributed by atoms with van der Waals surface area (Å²) in [5.41, 5.74) is 0.722. The van der Waals surface area contributed by atoms with Crippen molar-refractivity contribution in [3.63, 3.8) is 0 Å². The van der Waals surface area contributed by atoms with Gasteiger partial charge in [-0.2, -0.15) is 10.2 Å². The van der Waals surface area contributed by atoms with E-state index in [9.17, 15) is 5.11 Å². The fraction of sp³-hybridized carbons (Fsp3) is 0.444. The quantitative estimate of drug-likeness (QED) is 0.764. The van der Waals surface area contributed by atoms with E-state index < -0.39 is 6.10 Å². The van der Waals surface area contributed by atoms with Gasteiger partial charge in [-0.3, -0.25) is 9.78 Å². The summed E-state index contributed by atoms with van der Waals surface area (Å²) in [5.74, 6) is 0.436. The summed E-state index contributed by atoms with van der Waals surface area (Å²) in [7, 11) is 0. The van der Waals surface area contributed by atoms with Gasteiger partial charge in [0.25, 0.3) is 0 Å². The van der Waals surface area contributed by atoms with Gasteiger partial charge in [-0.15, -0.1) is 0 Å². The first kappa shape index (κ1) is 9.85. The van der Waals surface area contributed by atoms with Gasteiger partial charge in [0, 0.05) is 18.3 Å². The van der Waals surface area contributed by atoms with Gasteiger partial charge < -0.3 is 5.11 Å². The molecule has 0 aliphatic rings. The molecule has 0 bridgehead atoms. The minimum absolute atomic E-state index is 0.436. The molecule has 2 aromatic rings. The van der Waals surface area contributed by atoms with E-state index in [1.807, 2.05) is 6.20 Å². The van der Waals surface area contributed by atoms with Crippen molar-refractivity contribution in [2.45, 2.75) is 26.0 Å². The second kappa shape index (κ2) is 4.22. The van der Waals surface area contributed by atoms with E-state index in [-0.39, 0.29) is 0 Å². The molecule has 0 aromatic carbocycles. The Morgan fingerprint density at radius 3 is 3.13 bits per heavy atom. The first-order chi connectivity index (χ1) is 7.31. The topological polar surface area (TPSA) is 79.6 Å². The van der Waals surface area contributed by atoms with E-state index in [1.54, 1.807) is 10.9 Å². The third kappa shape index (κ3) is 2.04. The van der Waals surface area contributed by atoms with Crippen molar-refractivity contribution in [2.24, 2.45) is 0 Å². The lowest BCUT2D eigenvalue weighted by molar-refractivity contribution is 0.210. The minimum Gasteiger partial charge on any atom is -0.380 e. The summed E-state index contributed by atoms with van der Waals surface area (Å²) in [5, 5.41) is 20.3. The molecule has 80 valence electrons. The molecule has 6 heteroatoms. The fourth-order valence-corrected chi connectivity index (χ4v) is 1.38. The smallest absolute Gasteiger partial charge is 0.157 e. The van der Waals surface area contributed by atoms with Crippen molar-refractivity contribution >= 4 is 0 Å². The number of nitrogens with one attached hydrogen (secondary N) is 1. The number of hydrogen-bond acceptors (Lipinski definition) is 4. The number of rotatable bonds is 4. The second-order valence-corrected chi connectivity index (χ2v) is 3.31. The fourth-order valence-electron chi connectivity index (χ4n) is 1.38. The molecule has 2 aromatic heterocycles. The summed E-state index contributed by atoms with van der Waals surface area (Å²) < 4.78 is 1.80. The zero-order valence-electron chi connectivity index (χ0n) is 8.46. The predicted molar refractivity (Wildman–Crippen MR) is 53.0 cm³/mol. The number of H-pyrrole nitrogens is 1. The molecule has 2 rings (SSSR count). The summed E-state index contributed by atoms with van der Waals surface area (Å²) in [6.45, 7) is 2.93. The molecule has 0 aliphatic heterocycles. The van der Waals surface area contributed by atoms with Crippen LogP contribution in [-0.2, 0) is 6.54 Å². The van der Waals surface area contributed by atoms with E-state index in [0.717, 1.165) is 18.5 Å². The van der Waals surface area contributed by atoms with Crippen molar-refractivity contribution in [2.75, 3.05) is 0 Å². The van der Waals surface area contributed by atoms with Gasteiger partial charge >= 0.3 is 0 Å². The van der Waals surface area contributed by atoms with Crippen LogP contribution in [0.1, 0.15) is 30.8 Å². The van der Waals surface area contributed by atoms with Crippen LogP contribution in [0.15, 0.2) is 18.7 Å². The van der Waals surface area contributed by atoms with Gasteiger partial charge in [-0.05, 0) is 6.42 Å². The van der Waals surface area contributed by atoms with Gasteiger partial charge in [0.15, 0.2) is 5.82 Å². The third-order valence-electron chi connectivity index (χ3n) is 2.11. The van der Waals surface area contributed by atoms with Crippen molar-refractivity contribution in [3.8, 4) is 0 Å². The molecule has 6 nitrogen and oxygen atoms in total. The molecule has 0 spiro atoms. The van der Waals surface area contributed by atoms with E-state index in [4.69, 9.17) is 0 Å². The third-order valence-corrected chi connectivity index (χ3v) is 2.11. The van der Waals surface area contributed by atoms with Crippen LogP contribution in [-0.4, -0.2) is 30.1 Å². The maximum atomic E-state index is 9.88. The second-order valence-electron chi connectivity index (χ2n) is 3.31. The maximum Gasteiger partial charge on any atom is 0.157 e. The van der Waals surface area contributed by atoms with Crippen molar-refractivity contribution < 1.29 is 5.11 Å². The summed E-state index contributed by atoms with van der Waals surface area (Å²) >= 11 is 0. The van der Waals surface area contributed by atoms with Gasteiger partial charge in [0.2, 0.25) is 0 Å². The first-order valence-electron chi connectivity index (χ1n) is 4.87. The number of nitrogens with zero attached hydrogens (tertiary/aromatic N) is 4. The summed E-state index contributed by atoms with van der Waals surface area (Å²) in [4.78, 5) is 3.89. The summed E-state index contributed by atoms with van der Waals surface area (Å²) in [6, 6.07) is 0. The summed E-state index contributed by atoms with van der Waals surface area (Å²) in [6.07, 6.45) is 5.06. The van der Waals surface area contributed by atoms with Gasteiger partial charge in [-0.1, -0.05) is 6.92 Å². The molecule has 0 aliphatic carbocycles. The molecule has 1 unspecified atom stereocenters. The van der Waals surface area contributed by atoms with Crippen molar-refractivity contribution in [1.82, 2.24) is 25.0 Å². The van der Waals surface area contributed by atoms with Crippen LogP contribution < -0.4 is 0 Å². The highest BCUT2D eigenvalue weighted by Crippen LogP contribution is 2.16. The average Bonchev–Trinajstić information content (AvgIpc) is 2.87. The Bertz CT molecular complexity index is 408. The number of hydrogen-bond donors (Lipinski definition) is 2. The van der Waals surface area contributed by atoms with Crippen molar-refractivity contribution in [1.29, 1.82) is 0 Å². The SMILES string of the molecule is CCCn1cc(C(O)c2ncn[nH]2)cn1. The van der Waals surface area contributed by atoms with E-state index in [2.05, 4.69) is 27.2 Å². The number of aromatic nitrogens is 5. The highest BCUT2D eigenvalue weighted by atomic mass is 16.3. The van der Waals surface area contributed by atoms with Gasteiger partial charge in [-0.25, -0.2) is 4.98 Å². The van der Waals surface area contributed by atoms with Gasteiger partial charge in [0.1, 0.15) is 12.4 Å². The molecular formula is C9H13N5O. The van der Waals surface area contributed by atoms with Crippen LogP contribution in [0, 0.1) is 0 Å². The van der Waals surface area contributed by atoms with Crippen LogP contribution in [0.2, 0.25) is 0 Å². The van der Waals surface area contributed by atoms with E-state index in [1.165, 1.54) is 6.33 Å². The molecule has 0 fully saturated rings. The zero-order valence-corrected chi connectivity index (χ0v) is 8.46. The highest BCUT2D eigenvalue weighted by Gasteiger charge is 2.14. The lowest BCUT2D eigenvalue weighted by atomic mass is 10.2. The highest BCUT2D eigenvalue weighted by molar-refractivity contribution is 5.15. The van der Waals surface area contributed by atoms with Gasteiger partial charge in [0.05, 0.1) is 6.20 Å². The lowest BCUT2D eigenvalue weighted by Gasteiger charge is -2.02. The Labute approximate surface area is 87.0 Å². The normalized spacial score (nSPS) is 12.9. The molecule has 2 N–H and O–H groups in total. The predicted octanol–water partition coefficient (Wildman–Crippen LogP) is 0.493. The molecule has 2 heterocycles. The number of aromatic amines is 1. The van der Waals surface area contributed by atoms with Crippen LogP contribution >= 0.6 is 0 Å². The Balaban J connectivity index is 2.15. The molecule has 0 saturated heterocycles. The van der Waals surface area contributed by atoms with Crippen molar-refractivity contribution in [3.05, 3.63) is 30.1 Å².